The van der Waals surface area contributed by atoms with Gasteiger partial charge in [0.05, 0.1) is 13.2 Å². The second-order valence-corrected chi connectivity index (χ2v) is 4.49. The second-order valence-electron chi connectivity index (χ2n) is 4.49. The standard InChI is InChI=1S/C14H11BN2O3/c1-9-13(16-2)5-6-14(17-9)20-11-3-4-12-10(7-11)8-19-15(12)18/h3-7,18H,8H2,1H3. The average molecular weight is 266 g/mol. The van der Waals surface area contributed by atoms with Crippen LogP contribution in [0.15, 0.2) is 30.3 Å². The molecule has 1 aromatic carbocycles. The SMILES string of the molecule is [C-]#[N+]c1ccc(Oc2ccc3c(c2)COB3O)nc1C. The molecule has 0 saturated carbocycles. The highest BCUT2D eigenvalue weighted by molar-refractivity contribution is 6.61. The van der Waals surface area contributed by atoms with E-state index < -0.39 is 7.12 Å². The molecule has 3 rings (SSSR count). The summed E-state index contributed by atoms with van der Waals surface area (Å²) < 4.78 is 10.8. The number of fused-ring (bicyclic) bond motifs is 1. The Morgan fingerprint density at radius 3 is 3.00 bits per heavy atom. The number of hydrogen-bond acceptors (Lipinski definition) is 4. The van der Waals surface area contributed by atoms with Gasteiger partial charge >= 0.3 is 7.12 Å². The molecule has 5 nitrogen and oxygen atoms in total. The molecule has 0 unspecified atom stereocenters. The summed E-state index contributed by atoms with van der Waals surface area (Å²) in [6, 6.07) is 8.72. The van der Waals surface area contributed by atoms with Gasteiger partial charge in [-0.2, -0.15) is 0 Å². The molecular weight excluding hydrogens is 255 g/mol. The first kappa shape index (κ1) is 12.7. The fraction of sp³-hybridized carbons (Fsp3) is 0.143. The first-order valence-electron chi connectivity index (χ1n) is 6.13. The number of aryl methyl sites for hydroxylation is 1. The van der Waals surface area contributed by atoms with E-state index in [0.29, 0.717) is 29.6 Å². The van der Waals surface area contributed by atoms with Gasteiger partial charge < -0.3 is 14.4 Å². The fourth-order valence-corrected chi connectivity index (χ4v) is 2.10. The Morgan fingerprint density at radius 2 is 2.25 bits per heavy atom. The van der Waals surface area contributed by atoms with Crippen molar-refractivity contribution in [1.29, 1.82) is 0 Å². The largest absolute Gasteiger partial charge is 0.491 e. The minimum absolute atomic E-state index is 0.372. The molecule has 1 aliphatic heterocycles. The summed E-state index contributed by atoms with van der Waals surface area (Å²) in [6.45, 7) is 9.13. The van der Waals surface area contributed by atoms with Crippen molar-refractivity contribution in [3.05, 3.63) is 53.0 Å². The summed E-state index contributed by atoms with van der Waals surface area (Å²) in [5, 5.41) is 9.55. The third-order valence-electron chi connectivity index (χ3n) is 3.15. The van der Waals surface area contributed by atoms with Crippen LogP contribution in [0.3, 0.4) is 0 Å². The molecule has 0 amide bonds. The van der Waals surface area contributed by atoms with E-state index in [1.54, 1.807) is 31.2 Å². The predicted octanol–water partition coefficient (Wildman–Crippen LogP) is 1.95. The lowest BCUT2D eigenvalue weighted by Gasteiger charge is -2.07. The molecule has 0 saturated heterocycles. The van der Waals surface area contributed by atoms with E-state index in [9.17, 15) is 5.02 Å². The van der Waals surface area contributed by atoms with Crippen LogP contribution < -0.4 is 10.2 Å². The van der Waals surface area contributed by atoms with E-state index in [1.807, 2.05) is 6.07 Å². The van der Waals surface area contributed by atoms with Gasteiger partial charge in [0.2, 0.25) is 11.6 Å². The van der Waals surface area contributed by atoms with Gasteiger partial charge in [0.15, 0.2) is 0 Å². The smallest absolute Gasteiger partial charge is 0.439 e. The molecule has 2 heterocycles. The summed E-state index contributed by atoms with van der Waals surface area (Å²) in [4.78, 5) is 7.59. The lowest BCUT2D eigenvalue weighted by molar-refractivity contribution is 0.275. The van der Waals surface area contributed by atoms with E-state index in [1.165, 1.54) is 0 Å². The molecule has 0 bridgehead atoms. The summed E-state index contributed by atoms with van der Waals surface area (Å²) in [6.07, 6.45) is 0. The maximum atomic E-state index is 9.55. The van der Waals surface area contributed by atoms with Crippen molar-refractivity contribution in [3.8, 4) is 11.6 Å². The molecule has 6 heteroatoms. The van der Waals surface area contributed by atoms with Crippen LogP contribution in [0.5, 0.6) is 11.6 Å². The van der Waals surface area contributed by atoms with Crippen LogP contribution in [-0.4, -0.2) is 17.1 Å². The quantitative estimate of drug-likeness (QED) is 0.666. The molecule has 0 radical (unpaired) electrons. The van der Waals surface area contributed by atoms with Crippen molar-refractivity contribution >= 4 is 18.3 Å². The molecule has 1 aromatic heterocycles. The fourth-order valence-electron chi connectivity index (χ4n) is 2.10. The highest BCUT2D eigenvalue weighted by atomic mass is 16.5. The Kier molecular flexibility index (Phi) is 3.14. The Bertz CT molecular complexity index is 712. The molecule has 0 spiro atoms. The van der Waals surface area contributed by atoms with Crippen molar-refractivity contribution in [2.75, 3.05) is 0 Å². The van der Waals surface area contributed by atoms with Crippen LogP contribution in [-0.2, 0) is 11.3 Å². The number of pyridine rings is 1. The van der Waals surface area contributed by atoms with Crippen LogP contribution >= 0.6 is 0 Å². The number of benzene rings is 1. The van der Waals surface area contributed by atoms with E-state index in [-0.39, 0.29) is 0 Å². The van der Waals surface area contributed by atoms with Gasteiger partial charge in [-0.3, -0.25) is 0 Å². The van der Waals surface area contributed by atoms with Gasteiger partial charge in [-0.05, 0) is 42.2 Å². The molecular formula is C14H11BN2O3. The highest BCUT2D eigenvalue weighted by Crippen LogP contribution is 2.25. The van der Waals surface area contributed by atoms with E-state index in [4.69, 9.17) is 16.0 Å². The van der Waals surface area contributed by atoms with Gasteiger partial charge in [-0.15, -0.1) is 0 Å². The molecule has 0 aliphatic carbocycles. The number of rotatable bonds is 2. The van der Waals surface area contributed by atoms with E-state index in [0.717, 1.165) is 11.0 Å². The van der Waals surface area contributed by atoms with Crippen LogP contribution in [0.25, 0.3) is 4.85 Å². The molecule has 0 atom stereocenters. The zero-order valence-corrected chi connectivity index (χ0v) is 10.8. The van der Waals surface area contributed by atoms with Gasteiger partial charge in [0.25, 0.3) is 0 Å². The summed E-state index contributed by atoms with van der Waals surface area (Å²) in [5.74, 6) is 1.07. The van der Waals surface area contributed by atoms with Gasteiger partial charge in [-0.1, -0.05) is 6.07 Å². The summed E-state index contributed by atoms with van der Waals surface area (Å²) in [5.41, 5.74) is 2.83. The minimum atomic E-state index is -0.850. The number of ether oxygens (including phenoxy) is 1. The molecule has 0 fully saturated rings. The third kappa shape index (κ3) is 2.25. The molecule has 2 aromatic rings. The third-order valence-corrected chi connectivity index (χ3v) is 3.15. The maximum Gasteiger partial charge on any atom is 0.491 e. The van der Waals surface area contributed by atoms with Crippen molar-refractivity contribution in [1.82, 2.24) is 4.98 Å². The van der Waals surface area contributed by atoms with Gasteiger partial charge in [-0.25, -0.2) is 9.83 Å². The van der Waals surface area contributed by atoms with Crippen LogP contribution in [0.1, 0.15) is 11.3 Å². The van der Waals surface area contributed by atoms with Gasteiger partial charge in [0, 0.05) is 5.69 Å². The Balaban J connectivity index is 1.85. The molecule has 98 valence electrons. The normalized spacial score (nSPS) is 12.9. The lowest BCUT2D eigenvalue weighted by Crippen LogP contribution is -2.27. The monoisotopic (exact) mass is 266 g/mol. The van der Waals surface area contributed by atoms with E-state index in [2.05, 4.69) is 9.83 Å². The summed E-state index contributed by atoms with van der Waals surface area (Å²) in [7, 11) is -0.850. The molecule has 1 aliphatic rings. The maximum absolute atomic E-state index is 9.55. The van der Waals surface area contributed by atoms with E-state index >= 15 is 0 Å². The summed E-state index contributed by atoms with van der Waals surface area (Å²) >= 11 is 0. The van der Waals surface area contributed by atoms with Crippen LogP contribution in [0.4, 0.5) is 5.69 Å². The first-order valence-corrected chi connectivity index (χ1v) is 6.13. The lowest BCUT2D eigenvalue weighted by atomic mass is 9.80. The number of aromatic nitrogens is 1. The number of nitrogens with zero attached hydrogens (tertiary/aromatic N) is 2. The minimum Gasteiger partial charge on any atom is -0.439 e. The predicted molar refractivity (Wildman–Crippen MR) is 74.1 cm³/mol. The second kappa shape index (κ2) is 4.97. The van der Waals surface area contributed by atoms with Crippen LogP contribution in [0.2, 0.25) is 0 Å². The Labute approximate surface area is 116 Å². The first-order chi connectivity index (χ1) is 9.67. The van der Waals surface area contributed by atoms with Gasteiger partial charge in [0.1, 0.15) is 5.75 Å². The zero-order valence-electron chi connectivity index (χ0n) is 10.8. The molecule has 20 heavy (non-hydrogen) atoms. The zero-order chi connectivity index (χ0) is 14.1. The molecule has 1 N–H and O–H groups in total. The van der Waals surface area contributed by atoms with Crippen molar-refractivity contribution in [3.63, 3.8) is 0 Å². The highest BCUT2D eigenvalue weighted by Gasteiger charge is 2.27. The van der Waals surface area contributed by atoms with Crippen molar-refractivity contribution in [2.45, 2.75) is 13.5 Å². The van der Waals surface area contributed by atoms with Crippen LogP contribution in [0, 0.1) is 13.5 Å². The number of hydrogen-bond donors (Lipinski definition) is 1. The van der Waals surface area contributed by atoms with Crippen molar-refractivity contribution < 1.29 is 14.4 Å². The average Bonchev–Trinajstić information content (AvgIpc) is 2.80. The Hall–Kier alpha value is -2.36. The van der Waals surface area contributed by atoms with Crippen molar-refractivity contribution in [2.24, 2.45) is 0 Å². The Morgan fingerprint density at radius 1 is 1.40 bits per heavy atom. The topological polar surface area (TPSA) is 55.9 Å².